The van der Waals surface area contributed by atoms with Crippen molar-refractivity contribution in [2.75, 3.05) is 7.05 Å². The number of hydrogen-bond acceptors (Lipinski definition) is 4. The number of hydrogen-bond donors (Lipinski definition) is 1. The van der Waals surface area contributed by atoms with Gasteiger partial charge >= 0.3 is 6.09 Å². The van der Waals surface area contributed by atoms with E-state index in [4.69, 9.17) is 14.5 Å². The van der Waals surface area contributed by atoms with Gasteiger partial charge in [-0.15, -0.1) is 0 Å². The first kappa shape index (κ1) is 32.6. The SMILES string of the molecule is C.C=C(CC)n1c(COCc2ccccc2)nc(CC)c1C.CC.CNC(=O)OC(C)(C)C. The number of amides is 1. The second-order valence-corrected chi connectivity index (χ2v) is 7.90. The minimum atomic E-state index is -0.389. The first-order valence-corrected chi connectivity index (χ1v) is 11.4. The van der Waals surface area contributed by atoms with Crippen LogP contribution < -0.4 is 5.32 Å². The van der Waals surface area contributed by atoms with Gasteiger partial charge in [0.05, 0.1) is 12.3 Å². The molecule has 0 bridgehead atoms. The second kappa shape index (κ2) is 17.0. The molecule has 2 aromatic rings. The number of benzene rings is 1. The first-order valence-electron chi connectivity index (χ1n) is 11.4. The van der Waals surface area contributed by atoms with Gasteiger partial charge in [-0.2, -0.15) is 0 Å². The third kappa shape index (κ3) is 12.3. The number of aryl methyl sites for hydroxylation is 1. The van der Waals surface area contributed by atoms with Crippen LogP contribution in [0.5, 0.6) is 0 Å². The normalized spacial score (nSPS) is 9.97. The molecule has 0 fully saturated rings. The zero-order valence-electron chi connectivity index (χ0n) is 21.5. The van der Waals surface area contributed by atoms with Crippen LogP contribution >= 0.6 is 0 Å². The van der Waals surface area contributed by atoms with E-state index in [0.29, 0.717) is 13.2 Å². The van der Waals surface area contributed by atoms with Gasteiger partial charge in [-0.25, -0.2) is 9.78 Å². The van der Waals surface area contributed by atoms with E-state index < -0.39 is 0 Å². The highest BCUT2D eigenvalue weighted by atomic mass is 16.6. The molecule has 188 valence electrons. The number of rotatable bonds is 7. The van der Waals surface area contributed by atoms with Gasteiger partial charge in [-0.1, -0.05) is 72.0 Å². The summed E-state index contributed by atoms with van der Waals surface area (Å²) in [6.07, 6.45) is 1.45. The summed E-state index contributed by atoms with van der Waals surface area (Å²) < 4.78 is 12.8. The molecule has 1 aromatic carbocycles. The Labute approximate surface area is 202 Å². The van der Waals surface area contributed by atoms with Crippen LogP contribution in [0, 0.1) is 6.92 Å². The lowest BCUT2D eigenvalue weighted by molar-refractivity contribution is 0.0541. The van der Waals surface area contributed by atoms with Crippen LogP contribution in [0.3, 0.4) is 0 Å². The van der Waals surface area contributed by atoms with E-state index in [2.05, 4.69) is 49.4 Å². The number of nitrogens with one attached hydrogen (secondary N) is 1. The van der Waals surface area contributed by atoms with Crippen molar-refractivity contribution < 1.29 is 14.3 Å². The largest absolute Gasteiger partial charge is 0.444 e. The monoisotopic (exact) mass is 461 g/mol. The molecule has 1 heterocycles. The second-order valence-electron chi connectivity index (χ2n) is 7.90. The summed E-state index contributed by atoms with van der Waals surface area (Å²) >= 11 is 0. The van der Waals surface area contributed by atoms with E-state index in [1.54, 1.807) is 0 Å². The fraction of sp³-hybridized carbons (Fsp3) is 0.556. The molecule has 0 aliphatic rings. The molecule has 0 saturated carbocycles. The summed E-state index contributed by atoms with van der Waals surface area (Å²) in [6, 6.07) is 10.2. The molecule has 0 saturated heterocycles. The van der Waals surface area contributed by atoms with Crippen LogP contribution in [0.2, 0.25) is 0 Å². The molecule has 0 unspecified atom stereocenters. The maximum absolute atomic E-state index is 10.5. The van der Waals surface area contributed by atoms with Crippen molar-refractivity contribution in [3.63, 3.8) is 0 Å². The van der Waals surface area contributed by atoms with Gasteiger partial charge in [0.25, 0.3) is 0 Å². The van der Waals surface area contributed by atoms with Crippen LogP contribution in [0.4, 0.5) is 4.79 Å². The Morgan fingerprint density at radius 1 is 1.12 bits per heavy atom. The molecule has 33 heavy (non-hydrogen) atoms. The van der Waals surface area contributed by atoms with E-state index in [0.717, 1.165) is 30.1 Å². The lowest BCUT2D eigenvalue weighted by Gasteiger charge is -2.18. The minimum Gasteiger partial charge on any atom is -0.444 e. The van der Waals surface area contributed by atoms with Crippen molar-refractivity contribution in [1.29, 1.82) is 0 Å². The molecule has 1 aromatic heterocycles. The van der Waals surface area contributed by atoms with Crippen molar-refractivity contribution in [3.8, 4) is 0 Å². The summed E-state index contributed by atoms with van der Waals surface area (Å²) in [5.41, 5.74) is 4.17. The molecule has 6 heteroatoms. The maximum Gasteiger partial charge on any atom is 0.407 e. The predicted molar refractivity (Wildman–Crippen MR) is 140 cm³/mol. The number of alkyl carbamates (subject to hydrolysis) is 1. The molecule has 0 atom stereocenters. The highest BCUT2D eigenvalue weighted by molar-refractivity contribution is 5.67. The zero-order valence-corrected chi connectivity index (χ0v) is 21.5. The molecular formula is C27H47N3O3. The Kier molecular flexibility index (Phi) is 16.7. The molecule has 1 N–H and O–H groups in total. The van der Waals surface area contributed by atoms with E-state index >= 15 is 0 Å². The molecule has 2 rings (SSSR count). The number of aromatic nitrogens is 2. The summed E-state index contributed by atoms with van der Waals surface area (Å²) in [6.45, 7) is 21.1. The number of allylic oxidation sites excluding steroid dienone is 1. The lowest BCUT2D eigenvalue weighted by Crippen LogP contribution is -2.30. The van der Waals surface area contributed by atoms with Gasteiger partial charge in [0.1, 0.15) is 18.0 Å². The van der Waals surface area contributed by atoms with E-state index in [1.165, 1.54) is 18.3 Å². The first-order chi connectivity index (χ1) is 15.1. The van der Waals surface area contributed by atoms with Crippen LogP contribution in [-0.2, 0) is 29.1 Å². The van der Waals surface area contributed by atoms with Gasteiger partial charge in [0.2, 0.25) is 0 Å². The Morgan fingerprint density at radius 3 is 2.12 bits per heavy atom. The maximum atomic E-state index is 10.5. The molecule has 0 aliphatic carbocycles. The van der Waals surface area contributed by atoms with Crippen molar-refractivity contribution in [2.24, 2.45) is 0 Å². The van der Waals surface area contributed by atoms with Gasteiger partial charge in [0.15, 0.2) is 0 Å². The molecule has 0 aliphatic heterocycles. The summed E-state index contributed by atoms with van der Waals surface area (Å²) in [7, 11) is 1.54. The molecule has 0 radical (unpaired) electrons. The topological polar surface area (TPSA) is 65.4 Å². The van der Waals surface area contributed by atoms with Crippen molar-refractivity contribution >= 4 is 11.8 Å². The quantitative estimate of drug-likeness (QED) is 0.475. The van der Waals surface area contributed by atoms with Gasteiger partial charge < -0.3 is 19.4 Å². The summed E-state index contributed by atoms with van der Waals surface area (Å²) in [5, 5.41) is 2.36. The molecular weight excluding hydrogens is 414 g/mol. The predicted octanol–water partition coefficient (Wildman–Crippen LogP) is 7.15. The van der Waals surface area contributed by atoms with E-state index in [-0.39, 0.29) is 19.1 Å². The van der Waals surface area contributed by atoms with E-state index in [9.17, 15) is 4.79 Å². The number of nitrogens with zero attached hydrogens (tertiary/aromatic N) is 2. The highest BCUT2D eigenvalue weighted by Gasteiger charge is 2.15. The Hall–Kier alpha value is -2.60. The van der Waals surface area contributed by atoms with Crippen LogP contribution in [0.25, 0.3) is 5.70 Å². The molecule has 0 spiro atoms. The lowest BCUT2D eigenvalue weighted by atomic mass is 10.2. The average molecular weight is 462 g/mol. The average Bonchev–Trinajstić information content (AvgIpc) is 3.09. The molecule has 1 amide bonds. The van der Waals surface area contributed by atoms with Crippen molar-refractivity contribution in [2.45, 2.75) is 94.5 Å². The summed E-state index contributed by atoms with van der Waals surface area (Å²) in [5.74, 6) is 0.951. The number of imidazole rings is 1. The number of carbonyl (C=O) groups excluding carboxylic acids is 1. The van der Waals surface area contributed by atoms with Gasteiger partial charge in [-0.05, 0) is 46.1 Å². The van der Waals surface area contributed by atoms with Crippen LogP contribution in [0.15, 0.2) is 36.9 Å². The molecule has 6 nitrogen and oxygen atoms in total. The Bertz CT molecular complexity index is 806. The van der Waals surface area contributed by atoms with E-state index in [1.807, 2.05) is 52.8 Å². The Balaban J connectivity index is 0. The van der Waals surface area contributed by atoms with Crippen molar-refractivity contribution in [3.05, 3.63) is 59.7 Å². The van der Waals surface area contributed by atoms with Crippen molar-refractivity contribution in [1.82, 2.24) is 14.9 Å². The highest BCUT2D eigenvalue weighted by Crippen LogP contribution is 2.19. The van der Waals surface area contributed by atoms with Gasteiger partial charge in [-0.3, -0.25) is 0 Å². The van der Waals surface area contributed by atoms with Gasteiger partial charge in [0, 0.05) is 18.4 Å². The number of ether oxygens (including phenoxy) is 2. The smallest absolute Gasteiger partial charge is 0.407 e. The van der Waals surface area contributed by atoms with Crippen LogP contribution in [-0.4, -0.2) is 28.3 Å². The minimum absolute atomic E-state index is 0. The third-order valence-corrected chi connectivity index (χ3v) is 4.28. The van der Waals surface area contributed by atoms with Crippen LogP contribution in [0.1, 0.15) is 85.1 Å². The fourth-order valence-electron chi connectivity index (χ4n) is 2.78. The summed E-state index contributed by atoms with van der Waals surface area (Å²) in [4.78, 5) is 15.2. The fourth-order valence-corrected chi connectivity index (χ4v) is 2.78. The zero-order chi connectivity index (χ0) is 24.7. The Morgan fingerprint density at radius 2 is 1.70 bits per heavy atom. The number of carbonyl (C=O) groups is 1. The third-order valence-electron chi connectivity index (χ3n) is 4.28. The standard InChI is InChI=1S/C18H24N2O.C6H13NO2.C2H6.CH4/c1-5-14(3)20-15(4)17(6-2)19-18(20)13-21-12-16-10-8-7-9-11-16;1-6(2,3)9-5(8)7-4;1-2;/h7-11H,3,5-6,12-13H2,1-2,4H3;1-4H3,(H,7,8);1-2H3;1H4.